The zero-order chi connectivity index (χ0) is 26.0. The first kappa shape index (κ1) is 27.1. The van der Waals surface area contributed by atoms with Crippen LogP contribution in [0.25, 0.3) is 0 Å². The van der Waals surface area contributed by atoms with Crippen LogP contribution in [0, 0.1) is 0 Å². The summed E-state index contributed by atoms with van der Waals surface area (Å²) in [4.78, 5) is 28.7. The molecular weight excluding hydrogens is 474 g/mol. The monoisotopic (exact) mass is 507 g/mol. The SMILES string of the molecule is CCCNC(=O)[C@@H](c1ccccc1)N(Cc1ccccc1)C(=O)CN(Cc1ccccc1)S(C)(=O)=O. The summed E-state index contributed by atoms with van der Waals surface area (Å²) in [5.41, 5.74) is 2.26. The minimum atomic E-state index is -3.70. The van der Waals surface area contributed by atoms with E-state index in [1.54, 1.807) is 12.1 Å². The number of nitrogens with zero attached hydrogens (tertiary/aromatic N) is 2. The molecular formula is C28H33N3O4S. The number of hydrogen-bond donors (Lipinski definition) is 1. The van der Waals surface area contributed by atoms with Crippen LogP contribution in [0.2, 0.25) is 0 Å². The van der Waals surface area contributed by atoms with E-state index in [0.717, 1.165) is 28.1 Å². The number of sulfonamides is 1. The molecule has 0 heterocycles. The van der Waals surface area contributed by atoms with Crippen molar-refractivity contribution in [1.29, 1.82) is 0 Å². The lowest BCUT2D eigenvalue weighted by atomic mass is 10.0. The average molecular weight is 508 g/mol. The van der Waals surface area contributed by atoms with Gasteiger partial charge in [0.15, 0.2) is 0 Å². The molecule has 0 saturated heterocycles. The van der Waals surface area contributed by atoms with Crippen molar-refractivity contribution in [3.8, 4) is 0 Å². The highest BCUT2D eigenvalue weighted by molar-refractivity contribution is 7.88. The zero-order valence-electron chi connectivity index (χ0n) is 20.7. The molecule has 0 unspecified atom stereocenters. The minimum absolute atomic E-state index is 0.0582. The molecule has 190 valence electrons. The lowest BCUT2D eigenvalue weighted by Gasteiger charge is -2.33. The first-order valence-electron chi connectivity index (χ1n) is 11.9. The van der Waals surface area contributed by atoms with Crippen LogP contribution >= 0.6 is 0 Å². The molecule has 7 nitrogen and oxygen atoms in total. The highest BCUT2D eigenvalue weighted by atomic mass is 32.2. The molecule has 2 amide bonds. The van der Waals surface area contributed by atoms with Crippen molar-refractivity contribution in [2.75, 3.05) is 19.3 Å². The molecule has 0 aromatic heterocycles. The molecule has 3 aromatic carbocycles. The summed E-state index contributed by atoms with van der Waals surface area (Å²) < 4.78 is 26.4. The molecule has 8 heteroatoms. The van der Waals surface area contributed by atoms with Crippen LogP contribution in [0.3, 0.4) is 0 Å². The smallest absolute Gasteiger partial charge is 0.247 e. The molecule has 0 radical (unpaired) electrons. The normalized spacial score (nSPS) is 12.2. The van der Waals surface area contributed by atoms with Crippen LogP contribution in [0.1, 0.15) is 36.1 Å². The summed E-state index contributed by atoms with van der Waals surface area (Å²) in [6.07, 6.45) is 1.84. The second-order valence-electron chi connectivity index (χ2n) is 8.63. The average Bonchev–Trinajstić information content (AvgIpc) is 2.88. The molecule has 0 aliphatic rings. The predicted molar refractivity (Wildman–Crippen MR) is 141 cm³/mol. The van der Waals surface area contributed by atoms with Gasteiger partial charge in [-0.1, -0.05) is 97.9 Å². The molecule has 0 aliphatic carbocycles. The van der Waals surface area contributed by atoms with Gasteiger partial charge in [0.1, 0.15) is 6.04 Å². The molecule has 0 spiro atoms. The number of carbonyl (C=O) groups excluding carboxylic acids is 2. The molecule has 1 N–H and O–H groups in total. The fourth-order valence-corrected chi connectivity index (χ4v) is 4.60. The van der Waals surface area contributed by atoms with E-state index in [0.29, 0.717) is 12.1 Å². The first-order valence-corrected chi connectivity index (χ1v) is 13.8. The Morgan fingerprint density at radius 1 is 0.806 bits per heavy atom. The molecule has 3 rings (SSSR count). The zero-order valence-corrected chi connectivity index (χ0v) is 21.5. The van der Waals surface area contributed by atoms with E-state index in [1.807, 2.05) is 85.8 Å². The summed E-state index contributed by atoms with van der Waals surface area (Å²) in [7, 11) is -3.70. The lowest BCUT2D eigenvalue weighted by molar-refractivity contribution is -0.141. The maximum absolute atomic E-state index is 13.8. The summed E-state index contributed by atoms with van der Waals surface area (Å²) in [5.74, 6) is -0.762. The predicted octanol–water partition coefficient (Wildman–Crippen LogP) is 3.74. The van der Waals surface area contributed by atoms with Gasteiger partial charge < -0.3 is 10.2 Å². The molecule has 0 aliphatic heterocycles. The Labute approximate surface area is 213 Å². The number of benzene rings is 3. The van der Waals surface area contributed by atoms with Crippen molar-refractivity contribution < 1.29 is 18.0 Å². The molecule has 36 heavy (non-hydrogen) atoms. The van der Waals surface area contributed by atoms with Gasteiger partial charge in [-0.2, -0.15) is 4.31 Å². The first-order chi connectivity index (χ1) is 17.3. The Morgan fingerprint density at radius 3 is 1.81 bits per heavy atom. The largest absolute Gasteiger partial charge is 0.354 e. The van der Waals surface area contributed by atoms with Gasteiger partial charge in [-0.05, 0) is 23.1 Å². The number of amides is 2. The summed E-state index contributed by atoms with van der Waals surface area (Å²) in [6.45, 7) is 2.26. The molecule has 0 bridgehead atoms. The highest BCUT2D eigenvalue weighted by Gasteiger charge is 2.33. The van der Waals surface area contributed by atoms with Crippen molar-refractivity contribution >= 4 is 21.8 Å². The third-order valence-electron chi connectivity index (χ3n) is 5.72. The Hall–Kier alpha value is -3.49. The number of rotatable bonds is 12. The van der Waals surface area contributed by atoms with E-state index < -0.39 is 22.0 Å². The Kier molecular flexibility index (Phi) is 9.78. The van der Waals surface area contributed by atoms with E-state index in [9.17, 15) is 18.0 Å². The van der Waals surface area contributed by atoms with Gasteiger partial charge in [-0.3, -0.25) is 9.59 Å². The van der Waals surface area contributed by atoms with Gasteiger partial charge >= 0.3 is 0 Å². The summed E-state index contributed by atoms with van der Waals surface area (Å²) >= 11 is 0. The van der Waals surface area contributed by atoms with Gasteiger partial charge in [0.25, 0.3) is 0 Å². The van der Waals surface area contributed by atoms with Gasteiger partial charge in [0.05, 0.1) is 12.8 Å². The Morgan fingerprint density at radius 2 is 1.31 bits per heavy atom. The standard InChI is InChI=1S/C28H33N3O4S/c1-3-19-29-28(33)27(25-17-11-6-12-18-25)31(21-24-15-9-5-10-16-24)26(32)22-30(36(2,34)35)20-23-13-7-4-8-14-23/h4-18,27H,3,19-22H2,1-2H3,(H,29,33)/t27-/m1/s1. The summed E-state index contributed by atoms with van der Waals surface area (Å²) in [6, 6.07) is 26.7. The minimum Gasteiger partial charge on any atom is -0.354 e. The number of nitrogens with one attached hydrogen (secondary N) is 1. The quantitative estimate of drug-likeness (QED) is 0.405. The van der Waals surface area contributed by atoms with Crippen LogP contribution in [0.4, 0.5) is 0 Å². The molecule has 3 aromatic rings. The van der Waals surface area contributed by atoms with Crippen molar-refractivity contribution in [3.63, 3.8) is 0 Å². The van der Waals surface area contributed by atoms with Crippen molar-refractivity contribution in [1.82, 2.24) is 14.5 Å². The maximum Gasteiger partial charge on any atom is 0.247 e. The van der Waals surface area contributed by atoms with Gasteiger partial charge in [0, 0.05) is 19.6 Å². The van der Waals surface area contributed by atoms with Crippen LogP contribution in [-0.2, 0) is 32.7 Å². The number of hydrogen-bond acceptors (Lipinski definition) is 4. The van der Waals surface area contributed by atoms with E-state index in [-0.39, 0.29) is 25.5 Å². The Bertz CT molecular complexity index is 1220. The molecule has 0 fully saturated rings. The molecule has 0 saturated carbocycles. The van der Waals surface area contributed by atoms with Crippen LogP contribution in [0.5, 0.6) is 0 Å². The van der Waals surface area contributed by atoms with E-state index in [2.05, 4.69) is 5.32 Å². The van der Waals surface area contributed by atoms with E-state index >= 15 is 0 Å². The van der Waals surface area contributed by atoms with Gasteiger partial charge in [0.2, 0.25) is 21.8 Å². The summed E-state index contributed by atoms with van der Waals surface area (Å²) in [5, 5.41) is 2.91. The second-order valence-corrected chi connectivity index (χ2v) is 10.6. The fourth-order valence-electron chi connectivity index (χ4n) is 3.88. The fraction of sp³-hybridized carbons (Fsp3) is 0.286. The second kappa shape index (κ2) is 13.0. The van der Waals surface area contributed by atoms with Crippen LogP contribution in [0.15, 0.2) is 91.0 Å². The third kappa shape index (κ3) is 7.76. The van der Waals surface area contributed by atoms with E-state index in [4.69, 9.17) is 0 Å². The van der Waals surface area contributed by atoms with Gasteiger partial charge in [-0.15, -0.1) is 0 Å². The third-order valence-corrected chi connectivity index (χ3v) is 6.92. The van der Waals surface area contributed by atoms with Crippen molar-refractivity contribution in [2.24, 2.45) is 0 Å². The van der Waals surface area contributed by atoms with Gasteiger partial charge in [-0.25, -0.2) is 8.42 Å². The highest BCUT2D eigenvalue weighted by Crippen LogP contribution is 2.25. The van der Waals surface area contributed by atoms with Crippen molar-refractivity contribution in [2.45, 2.75) is 32.5 Å². The topological polar surface area (TPSA) is 86.8 Å². The molecule has 1 atom stereocenters. The van der Waals surface area contributed by atoms with Crippen LogP contribution < -0.4 is 5.32 Å². The Balaban J connectivity index is 1.99. The van der Waals surface area contributed by atoms with E-state index in [1.165, 1.54) is 4.90 Å². The maximum atomic E-state index is 13.8. The van der Waals surface area contributed by atoms with Crippen molar-refractivity contribution in [3.05, 3.63) is 108 Å². The lowest BCUT2D eigenvalue weighted by Crippen LogP contribution is -2.47. The number of carbonyl (C=O) groups is 2. The van der Waals surface area contributed by atoms with Crippen LogP contribution in [-0.4, -0.2) is 48.8 Å².